The molecule has 4 rings (SSSR count). The Kier molecular flexibility index (Phi) is 6.82. The van der Waals surface area contributed by atoms with Crippen molar-refractivity contribution in [3.05, 3.63) is 83.7 Å². The van der Waals surface area contributed by atoms with Crippen molar-refractivity contribution in [1.29, 1.82) is 5.26 Å². The molecule has 1 nitrogen and oxygen atoms in total. The SMILES string of the molecule is CCCC[C@H]1CC[C@H](c2ccc(-c3cc(C#N)ccc3-c3ccccc3F)cc2)CC1. The van der Waals surface area contributed by atoms with Crippen LogP contribution in [0.5, 0.6) is 0 Å². The van der Waals surface area contributed by atoms with E-state index in [1.807, 2.05) is 18.2 Å². The zero-order valence-corrected chi connectivity index (χ0v) is 18.3. The third-order valence-electron chi connectivity index (χ3n) is 6.82. The average molecular weight is 412 g/mol. The van der Waals surface area contributed by atoms with E-state index in [0.717, 1.165) is 22.6 Å². The van der Waals surface area contributed by atoms with E-state index in [-0.39, 0.29) is 5.82 Å². The van der Waals surface area contributed by atoms with Crippen LogP contribution in [-0.2, 0) is 0 Å². The van der Waals surface area contributed by atoms with Gasteiger partial charge in [0.2, 0.25) is 0 Å². The Morgan fingerprint density at radius 3 is 2.29 bits per heavy atom. The van der Waals surface area contributed by atoms with Crippen LogP contribution in [0.15, 0.2) is 66.7 Å². The van der Waals surface area contributed by atoms with Crippen LogP contribution in [0.1, 0.15) is 68.9 Å². The molecule has 3 aromatic carbocycles. The smallest absolute Gasteiger partial charge is 0.131 e. The number of unbranched alkanes of at least 4 members (excludes halogenated alkanes) is 1. The number of benzene rings is 3. The first-order valence-electron chi connectivity index (χ1n) is 11.6. The van der Waals surface area contributed by atoms with Crippen LogP contribution in [-0.4, -0.2) is 0 Å². The second kappa shape index (κ2) is 9.92. The minimum atomic E-state index is -0.245. The van der Waals surface area contributed by atoms with Gasteiger partial charge in [0.25, 0.3) is 0 Å². The van der Waals surface area contributed by atoms with Gasteiger partial charge in [-0.05, 0) is 78.0 Å². The van der Waals surface area contributed by atoms with E-state index in [1.54, 1.807) is 18.2 Å². The number of hydrogen-bond donors (Lipinski definition) is 0. The van der Waals surface area contributed by atoms with Crippen molar-refractivity contribution in [1.82, 2.24) is 0 Å². The Bertz CT molecular complexity index is 1050. The lowest BCUT2D eigenvalue weighted by atomic mass is 9.77. The highest BCUT2D eigenvalue weighted by Crippen LogP contribution is 2.39. The molecule has 0 atom stereocenters. The molecular weight excluding hydrogens is 381 g/mol. The van der Waals surface area contributed by atoms with Gasteiger partial charge in [-0.15, -0.1) is 0 Å². The lowest BCUT2D eigenvalue weighted by Gasteiger charge is -2.29. The van der Waals surface area contributed by atoms with E-state index < -0.39 is 0 Å². The number of nitriles is 1. The van der Waals surface area contributed by atoms with Gasteiger partial charge in [-0.2, -0.15) is 5.26 Å². The van der Waals surface area contributed by atoms with E-state index in [4.69, 9.17) is 0 Å². The van der Waals surface area contributed by atoms with E-state index in [0.29, 0.717) is 17.0 Å². The van der Waals surface area contributed by atoms with E-state index >= 15 is 0 Å². The Labute approximate surface area is 185 Å². The molecule has 3 aromatic rings. The molecule has 0 aromatic heterocycles. The molecule has 0 unspecified atom stereocenters. The van der Waals surface area contributed by atoms with Crippen LogP contribution in [0, 0.1) is 23.1 Å². The molecule has 0 N–H and O–H groups in total. The monoisotopic (exact) mass is 411 g/mol. The van der Waals surface area contributed by atoms with Gasteiger partial charge in [0.15, 0.2) is 0 Å². The number of hydrogen-bond acceptors (Lipinski definition) is 1. The van der Waals surface area contributed by atoms with Crippen molar-refractivity contribution in [2.45, 2.75) is 57.8 Å². The molecule has 1 aliphatic carbocycles. The van der Waals surface area contributed by atoms with Gasteiger partial charge in [-0.25, -0.2) is 4.39 Å². The largest absolute Gasteiger partial charge is 0.206 e. The van der Waals surface area contributed by atoms with Crippen molar-refractivity contribution in [2.75, 3.05) is 0 Å². The fraction of sp³-hybridized carbons (Fsp3) is 0.345. The summed E-state index contributed by atoms with van der Waals surface area (Å²) in [7, 11) is 0. The predicted molar refractivity (Wildman–Crippen MR) is 126 cm³/mol. The summed E-state index contributed by atoms with van der Waals surface area (Å²) in [4.78, 5) is 0. The summed E-state index contributed by atoms with van der Waals surface area (Å²) in [6.07, 6.45) is 9.27. The molecule has 0 amide bonds. The van der Waals surface area contributed by atoms with Gasteiger partial charge in [-0.3, -0.25) is 0 Å². The molecule has 0 bridgehead atoms. The molecule has 0 spiro atoms. The summed E-state index contributed by atoms with van der Waals surface area (Å²) in [5.41, 5.74) is 5.30. The molecule has 0 saturated heterocycles. The summed E-state index contributed by atoms with van der Waals surface area (Å²) in [6, 6.07) is 23.3. The highest BCUT2D eigenvalue weighted by Gasteiger charge is 2.22. The molecule has 0 radical (unpaired) electrons. The molecule has 1 saturated carbocycles. The van der Waals surface area contributed by atoms with Crippen LogP contribution < -0.4 is 0 Å². The van der Waals surface area contributed by atoms with Gasteiger partial charge in [0.05, 0.1) is 11.6 Å². The minimum Gasteiger partial charge on any atom is -0.206 e. The molecular formula is C29H30FN. The number of halogens is 1. The first kappa shape index (κ1) is 21.3. The Morgan fingerprint density at radius 1 is 0.871 bits per heavy atom. The molecule has 2 heteroatoms. The summed E-state index contributed by atoms with van der Waals surface area (Å²) < 4.78 is 14.5. The second-order valence-electron chi connectivity index (χ2n) is 8.83. The highest BCUT2D eigenvalue weighted by atomic mass is 19.1. The molecule has 0 aliphatic heterocycles. The Balaban J connectivity index is 1.58. The predicted octanol–water partition coefficient (Wildman–Crippen LogP) is 8.50. The quantitative estimate of drug-likeness (QED) is 0.399. The molecule has 31 heavy (non-hydrogen) atoms. The Morgan fingerprint density at radius 2 is 1.61 bits per heavy atom. The van der Waals surface area contributed by atoms with E-state index in [2.05, 4.69) is 37.3 Å². The van der Waals surface area contributed by atoms with Crippen molar-refractivity contribution in [2.24, 2.45) is 5.92 Å². The topological polar surface area (TPSA) is 23.8 Å². The maximum absolute atomic E-state index is 14.5. The molecule has 158 valence electrons. The fourth-order valence-electron chi connectivity index (χ4n) is 4.98. The molecule has 0 heterocycles. The van der Waals surface area contributed by atoms with Crippen LogP contribution in [0.2, 0.25) is 0 Å². The van der Waals surface area contributed by atoms with Crippen molar-refractivity contribution >= 4 is 0 Å². The first-order valence-corrected chi connectivity index (χ1v) is 11.6. The van der Waals surface area contributed by atoms with Crippen molar-refractivity contribution in [3.8, 4) is 28.3 Å². The number of rotatable bonds is 6. The van der Waals surface area contributed by atoms with Gasteiger partial charge < -0.3 is 0 Å². The van der Waals surface area contributed by atoms with Gasteiger partial charge >= 0.3 is 0 Å². The van der Waals surface area contributed by atoms with Crippen LogP contribution in [0.4, 0.5) is 4.39 Å². The lowest BCUT2D eigenvalue weighted by molar-refractivity contribution is 0.304. The Hall–Kier alpha value is -2.92. The molecule has 1 aliphatic rings. The lowest BCUT2D eigenvalue weighted by Crippen LogP contribution is -2.13. The van der Waals surface area contributed by atoms with E-state index in [9.17, 15) is 9.65 Å². The third kappa shape index (κ3) is 4.88. The van der Waals surface area contributed by atoms with Gasteiger partial charge in [0.1, 0.15) is 5.82 Å². The summed E-state index contributed by atoms with van der Waals surface area (Å²) >= 11 is 0. The van der Waals surface area contributed by atoms with Crippen LogP contribution in [0.25, 0.3) is 22.3 Å². The summed E-state index contributed by atoms with van der Waals surface area (Å²) in [5.74, 6) is 1.31. The normalized spacial score (nSPS) is 18.5. The average Bonchev–Trinajstić information content (AvgIpc) is 2.83. The first-order chi connectivity index (χ1) is 15.2. The zero-order chi connectivity index (χ0) is 21.6. The molecule has 1 fully saturated rings. The summed E-state index contributed by atoms with van der Waals surface area (Å²) in [5, 5.41) is 9.39. The maximum atomic E-state index is 14.5. The van der Waals surface area contributed by atoms with Crippen molar-refractivity contribution in [3.63, 3.8) is 0 Å². The third-order valence-corrected chi connectivity index (χ3v) is 6.82. The minimum absolute atomic E-state index is 0.245. The van der Waals surface area contributed by atoms with Gasteiger partial charge in [-0.1, -0.05) is 74.7 Å². The fourth-order valence-corrected chi connectivity index (χ4v) is 4.98. The highest BCUT2D eigenvalue weighted by molar-refractivity contribution is 5.84. The van der Waals surface area contributed by atoms with E-state index in [1.165, 1.54) is 56.6 Å². The second-order valence-corrected chi connectivity index (χ2v) is 8.83. The van der Waals surface area contributed by atoms with Crippen LogP contribution >= 0.6 is 0 Å². The summed E-state index contributed by atoms with van der Waals surface area (Å²) in [6.45, 7) is 2.27. The van der Waals surface area contributed by atoms with Gasteiger partial charge in [0, 0.05) is 5.56 Å². The van der Waals surface area contributed by atoms with Crippen molar-refractivity contribution < 1.29 is 4.39 Å². The number of nitrogens with zero attached hydrogens (tertiary/aromatic N) is 1. The standard InChI is InChI=1S/C29H30FN/c1-2-3-6-21-9-12-23(13-10-21)24-14-16-25(17-15-24)28-19-22(20-31)11-18-26(28)27-7-4-5-8-29(27)30/h4-5,7-8,11,14-19,21,23H,2-3,6,9-10,12-13H2,1H3/t21-,23-. The maximum Gasteiger partial charge on any atom is 0.131 e. The zero-order valence-electron chi connectivity index (χ0n) is 18.3. The van der Waals surface area contributed by atoms with Crippen LogP contribution in [0.3, 0.4) is 0 Å².